The SMILES string of the molecule is Cc1c(C(=O)N2CCC(N)CC2)ncnc1N1CCc2ccc(Br)cc2C1. The Balaban J connectivity index is 1.58. The molecule has 2 aliphatic rings. The first kappa shape index (κ1) is 18.4. The lowest BCUT2D eigenvalue weighted by atomic mass is 9.99. The minimum atomic E-state index is -0.0109. The zero-order valence-corrected chi connectivity index (χ0v) is 17.1. The predicted octanol–water partition coefficient (Wildman–Crippen LogP) is 2.67. The van der Waals surface area contributed by atoms with Crippen molar-refractivity contribution in [2.24, 2.45) is 5.73 Å². The number of likely N-dealkylation sites (tertiary alicyclic amines) is 1. The second-order valence-electron chi connectivity index (χ2n) is 7.39. The van der Waals surface area contributed by atoms with Gasteiger partial charge in [-0.15, -0.1) is 0 Å². The fraction of sp³-hybridized carbons (Fsp3) is 0.450. The van der Waals surface area contributed by atoms with Crippen molar-refractivity contribution >= 4 is 27.7 Å². The number of piperidine rings is 1. The molecule has 142 valence electrons. The summed E-state index contributed by atoms with van der Waals surface area (Å²) in [5.74, 6) is 0.843. The number of benzene rings is 1. The zero-order chi connectivity index (χ0) is 19.0. The van der Waals surface area contributed by atoms with Crippen LogP contribution >= 0.6 is 15.9 Å². The number of amides is 1. The summed E-state index contributed by atoms with van der Waals surface area (Å²) in [5.41, 5.74) is 10.0. The van der Waals surface area contributed by atoms with E-state index in [0.29, 0.717) is 18.8 Å². The van der Waals surface area contributed by atoms with Crippen molar-refractivity contribution in [2.45, 2.75) is 38.8 Å². The molecule has 0 radical (unpaired) electrons. The molecule has 0 saturated carbocycles. The van der Waals surface area contributed by atoms with Crippen LogP contribution in [-0.2, 0) is 13.0 Å². The van der Waals surface area contributed by atoms with E-state index in [1.165, 1.54) is 17.5 Å². The van der Waals surface area contributed by atoms with Gasteiger partial charge < -0.3 is 15.5 Å². The molecule has 0 unspecified atom stereocenters. The summed E-state index contributed by atoms with van der Waals surface area (Å²) < 4.78 is 1.08. The molecule has 27 heavy (non-hydrogen) atoms. The first-order valence-corrected chi connectivity index (χ1v) is 10.2. The van der Waals surface area contributed by atoms with E-state index in [9.17, 15) is 4.79 Å². The van der Waals surface area contributed by atoms with Gasteiger partial charge in [0.25, 0.3) is 5.91 Å². The topological polar surface area (TPSA) is 75.3 Å². The Morgan fingerprint density at radius 2 is 1.96 bits per heavy atom. The molecule has 2 aromatic rings. The van der Waals surface area contributed by atoms with E-state index in [-0.39, 0.29) is 11.9 Å². The predicted molar refractivity (Wildman–Crippen MR) is 109 cm³/mol. The Hall–Kier alpha value is -1.99. The Kier molecular flexibility index (Phi) is 5.14. The average Bonchev–Trinajstić information content (AvgIpc) is 2.67. The molecule has 0 aliphatic carbocycles. The van der Waals surface area contributed by atoms with Crippen LogP contribution in [0.3, 0.4) is 0 Å². The molecule has 1 aromatic carbocycles. The third-order valence-corrected chi connectivity index (χ3v) is 6.06. The quantitative estimate of drug-likeness (QED) is 0.793. The van der Waals surface area contributed by atoms with Crippen molar-refractivity contribution in [1.82, 2.24) is 14.9 Å². The number of nitrogens with zero attached hydrogens (tertiary/aromatic N) is 4. The first-order valence-electron chi connectivity index (χ1n) is 9.41. The number of halogens is 1. The maximum atomic E-state index is 13.0. The summed E-state index contributed by atoms with van der Waals surface area (Å²) in [4.78, 5) is 25.9. The van der Waals surface area contributed by atoms with Gasteiger partial charge in [0.05, 0.1) is 0 Å². The second kappa shape index (κ2) is 7.56. The minimum absolute atomic E-state index is 0.0109. The standard InChI is InChI=1S/C20H24BrN5O/c1-13-18(20(27)25-8-5-17(22)6-9-25)23-12-24-19(13)26-7-4-14-2-3-16(21)10-15(14)11-26/h2-3,10,12,17H,4-9,11,22H2,1H3. The van der Waals surface area contributed by atoms with Crippen molar-refractivity contribution in [3.63, 3.8) is 0 Å². The molecule has 0 bridgehead atoms. The maximum absolute atomic E-state index is 13.0. The summed E-state index contributed by atoms with van der Waals surface area (Å²) in [7, 11) is 0. The van der Waals surface area contributed by atoms with E-state index in [0.717, 1.165) is 48.2 Å². The van der Waals surface area contributed by atoms with Crippen molar-refractivity contribution in [1.29, 1.82) is 0 Å². The molecule has 4 rings (SSSR count). The van der Waals surface area contributed by atoms with Crippen LogP contribution in [0.4, 0.5) is 5.82 Å². The number of carbonyl (C=O) groups excluding carboxylic acids is 1. The van der Waals surface area contributed by atoms with Crippen LogP contribution in [0.2, 0.25) is 0 Å². The summed E-state index contributed by atoms with van der Waals surface area (Å²) in [6.45, 7) is 5.03. The van der Waals surface area contributed by atoms with Gasteiger partial charge in [-0.25, -0.2) is 9.97 Å². The number of rotatable bonds is 2. The number of hydrogen-bond donors (Lipinski definition) is 1. The van der Waals surface area contributed by atoms with Crippen LogP contribution in [0.1, 0.15) is 40.0 Å². The smallest absolute Gasteiger partial charge is 0.272 e. The van der Waals surface area contributed by atoms with Gasteiger partial charge in [-0.2, -0.15) is 0 Å². The second-order valence-corrected chi connectivity index (χ2v) is 8.30. The van der Waals surface area contributed by atoms with Gasteiger partial charge in [-0.05, 0) is 49.4 Å². The number of aromatic nitrogens is 2. The van der Waals surface area contributed by atoms with Gasteiger partial charge in [0, 0.05) is 42.3 Å². The Morgan fingerprint density at radius 1 is 1.19 bits per heavy atom. The molecular formula is C20H24BrN5O. The summed E-state index contributed by atoms with van der Waals surface area (Å²) >= 11 is 3.56. The number of nitrogens with two attached hydrogens (primary N) is 1. The van der Waals surface area contributed by atoms with E-state index < -0.39 is 0 Å². The largest absolute Gasteiger partial charge is 0.352 e. The van der Waals surface area contributed by atoms with Gasteiger partial charge in [0.2, 0.25) is 0 Å². The molecule has 1 saturated heterocycles. The fourth-order valence-corrected chi connectivity index (χ4v) is 4.34. The summed E-state index contributed by atoms with van der Waals surface area (Å²) in [6.07, 6.45) is 4.18. The third-order valence-electron chi connectivity index (χ3n) is 5.57. The highest BCUT2D eigenvalue weighted by molar-refractivity contribution is 9.10. The normalized spacial score (nSPS) is 17.7. The van der Waals surface area contributed by atoms with Gasteiger partial charge in [-0.1, -0.05) is 22.0 Å². The number of hydrogen-bond acceptors (Lipinski definition) is 5. The van der Waals surface area contributed by atoms with Crippen LogP contribution in [0.5, 0.6) is 0 Å². The highest BCUT2D eigenvalue weighted by atomic mass is 79.9. The minimum Gasteiger partial charge on any atom is -0.352 e. The molecule has 2 aliphatic heterocycles. The molecule has 3 heterocycles. The maximum Gasteiger partial charge on any atom is 0.272 e. The van der Waals surface area contributed by atoms with Crippen LogP contribution < -0.4 is 10.6 Å². The van der Waals surface area contributed by atoms with Gasteiger partial charge >= 0.3 is 0 Å². The van der Waals surface area contributed by atoms with Crippen molar-refractivity contribution < 1.29 is 4.79 Å². The Labute approximate surface area is 167 Å². The first-order chi connectivity index (χ1) is 13.0. The van der Waals surface area contributed by atoms with E-state index >= 15 is 0 Å². The average molecular weight is 430 g/mol. The summed E-state index contributed by atoms with van der Waals surface area (Å²) in [5, 5.41) is 0. The number of carbonyl (C=O) groups is 1. The van der Waals surface area contributed by atoms with Gasteiger partial charge in [0.15, 0.2) is 0 Å². The van der Waals surface area contributed by atoms with E-state index in [1.54, 1.807) is 0 Å². The molecule has 0 atom stereocenters. The van der Waals surface area contributed by atoms with E-state index in [4.69, 9.17) is 5.73 Å². The number of fused-ring (bicyclic) bond motifs is 1. The molecule has 6 nitrogen and oxygen atoms in total. The molecule has 7 heteroatoms. The van der Waals surface area contributed by atoms with Crippen LogP contribution in [-0.4, -0.2) is 46.5 Å². The molecule has 0 spiro atoms. The lowest BCUT2D eigenvalue weighted by Crippen LogP contribution is -2.43. The Morgan fingerprint density at radius 3 is 2.74 bits per heavy atom. The van der Waals surface area contributed by atoms with E-state index in [1.807, 2.05) is 11.8 Å². The van der Waals surface area contributed by atoms with Crippen LogP contribution in [0, 0.1) is 6.92 Å². The lowest BCUT2D eigenvalue weighted by molar-refractivity contribution is 0.0708. The summed E-state index contributed by atoms with van der Waals surface area (Å²) in [6, 6.07) is 6.63. The highest BCUT2D eigenvalue weighted by Gasteiger charge is 2.27. The number of anilines is 1. The van der Waals surface area contributed by atoms with E-state index in [2.05, 4.69) is 49.0 Å². The Bertz CT molecular complexity index is 863. The molecular weight excluding hydrogens is 406 g/mol. The fourth-order valence-electron chi connectivity index (χ4n) is 3.93. The molecule has 1 amide bonds. The van der Waals surface area contributed by atoms with Crippen molar-refractivity contribution in [3.05, 3.63) is 51.4 Å². The molecule has 2 N–H and O–H groups in total. The van der Waals surface area contributed by atoms with Crippen LogP contribution in [0.25, 0.3) is 0 Å². The van der Waals surface area contributed by atoms with Crippen molar-refractivity contribution in [3.8, 4) is 0 Å². The van der Waals surface area contributed by atoms with Gasteiger partial charge in [0.1, 0.15) is 17.8 Å². The monoisotopic (exact) mass is 429 g/mol. The van der Waals surface area contributed by atoms with Gasteiger partial charge in [-0.3, -0.25) is 4.79 Å². The zero-order valence-electron chi connectivity index (χ0n) is 15.5. The molecule has 1 aromatic heterocycles. The highest BCUT2D eigenvalue weighted by Crippen LogP contribution is 2.28. The van der Waals surface area contributed by atoms with Crippen molar-refractivity contribution in [2.75, 3.05) is 24.5 Å². The molecule has 1 fully saturated rings. The van der Waals surface area contributed by atoms with Crippen LogP contribution in [0.15, 0.2) is 29.0 Å². The third kappa shape index (κ3) is 3.71. The lowest BCUT2D eigenvalue weighted by Gasteiger charge is -2.32.